The molecular formula is C21H19N3OS. The minimum Gasteiger partial charge on any atom is -0.361 e. The maximum Gasteiger partial charge on any atom is 0.270 e. The third-order valence-corrected chi connectivity index (χ3v) is 5.28. The molecule has 0 atom stereocenters. The van der Waals surface area contributed by atoms with Crippen LogP contribution in [0.2, 0.25) is 0 Å². The summed E-state index contributed by atoms with van der Waals surface area (Å²) < 4.78 is 0. The van der Waals surface area contributed by atoms with Crippen molar-refractivity contribution in [3.05, 3.63) is 76.9 Å². The van der Waals surface area contributed by atoms with E-state index in [4.69, 9.17) is 0 Å². The van der Waals surface area contributed by atoms with Crippen molar-refractivity contribution in [2.45, 2.75) is 13.3 Å². The zero-order chi connectivity index (χ0) is 17.9. The Hall–Kier alpha value is -2.92. The van der Waals surface area contributed by atoms with Gasteiger partial charge < -0.3 is 10.3 Å². The molecule has 2 heterocycles. The molecule has 0 spiro atoms. The van der Waals surface area contributed by atoms with Crippen LogP contribution in [0.5, 0.6) is 0 Å². The highest BCUT2D eigenvalue weighted by molar-refractivity contribution is 7.13. The van der Waals surface area contributed by atoms with Crippen LogP contribution in [0, 0.1) is 6.92 Å². The molecule has 0 unspecified atom stereocenters. The van der Waals surface area contributed by atoms with Crippen LogP contribution in [0.25, 0.3) is 21.5 Å². The van der Waals surface area contributed by atoms with Crippen molar-refractivity contribution in [1.82, 2.24) is 15.3 Å². The highest BCUT2D eigenvalue weighted by Crippen LogP contribution is 2.24. The summed E-state index contributed by atoms with van der Waals surface area (Å²) in [6.07, 6.45) is 2.79. The lowest BCUT2D eigenvalue weighted by atomic mass is 10.1. The van der Waals surface area contributed by atoms with Gasteiger partial charge in [-0.2, -0.15) is 0 Å². The number of carbonyl (C=O) groups is 1. The zero-order valence-corrected chi connectivity index (χ0v) is 15.3. The molecule has 2 aromatic carbocycles. The monoisotopic (exact) mass is 361 g/mol. The van der Waals surface area contributed by atoms with Crippen LogP contribution in [-0.2, 0) is 6.42 Å². The molecule has 26 heavy (non-hydrogen) atoms. The van der Waals surface area contributed by atoms with Crippen LogP contribution in [0.1, 0.15) is 21.6 Å². The Bertz CT molecular complexity index is 1050. The Morgan fingerprint density at radius 2 is 1.96 bits per heavy atom. The maximum absolute atomic E-state index is 12.4. The Morgan fingerprint density at radius 1 is 1.15 bits per heavy atom. The van der Waals surface area contributed by atoms with E-state index in [9.17, 15) is 4.79 Å². The third kappa shape index (κ3) is 3.39. The highest BCUT2D eigenvalue weighted by Gasteiger charge is 2.12. The summed E-state index contributed by atoms with van der Waals surface area (Å²) >= 11 is 1.49. The topological polar surface area (TPSA) is 57.8 Å². The van der Waals surface area contributed by atoms with E-state index in [1.807, 2.05) is 35.8 Å². The fourth-order valence-corrected chi connectivity index (χ4v) is 3.75. The SMILES string of the molecule is Cc1ccc(-c2nc(C(=O)NCCc3c[nH]c4ccccc34)cs2)cc1. The second-order valence-electron chi connectivity index (χ2n) is 6.27. The van der Waals surface area contributed by atoms with Crippen LogP contribution < -0.4 is 5.32 Å². The molecule has 130 valence electrons. The van der Waals surface area contributed by atoms with E-state index in [2.05, 4.69) is 46.5 Å². The first-order chi connectivity index (χ1) is 12.7. The Balaban J connectivity index is 1.39. The van der Waals surface area contributed by atoms with E-state index < -0.39 is 0 Å². The van der Waals surface area contributed by atoms with Gasteiger partial charge in [-0.15, -0.1) is 11.3 Å². The predicted octanol–water partition coefficient (Wildman–Crippen LogP) is 4.57. The number of nitrogens with zero attached hydrogens (tertiary/aromatic N) is 1. The van der Waals surface area contributed by atoms with Gasteiger partial charge in [0.25, 0.3) is 5.91 Å². The Labute approximate surface area is 155 Å². The van der Waals surface area contributed by atoms with E-state index >= 15 is 0 Å². The Kier molecular flexibility index (Phi) is 4.54. The number of hydrogen-bond acceptors (Lipinski definition) is 3. The number of aryl methyl sites for hydroxylation is 1. The molecule has 0 saturated heterocycles. The molecular weight excluding hydrogens is 342 g/mol. The molecule has 0 aliphatic heterocycles. The number of amides is 1. The molecule has 2 aromatic heterocycles. The molecule has 0 aliphatic carbocycles. The average molecular weight is 361 g/mol. The van der Waals surface area contributed by atoms with Crippen LogP contribution in [0.15, 0.2) is 60.1 Å². The number of carbonyl (C=O) groups excluding carboxylic acids is 1. The van der Waals surface area contributed by atoms with Crippen molar-refractivity contribution in [1.29, 1.82) is 0 Å². The van der Waals surface area contributed by atoms with Gasteiger partial charge in [-0.05, 0) is 25.0 Å². The molecule has 2 N–H and O–H groups in total. The number of fused-ring (bicyclic) bond motifs is 1. The van der Waals surface area contributed by atoms with Crippen molar-refractivity contribution in [2.24, 2.45) is 0 Å². The summed E-state index contributed by atoms with van der Waals surface area (Å²) in [6, 6.07) is 16.4. The minimum atomic E-state index is -0.126. The fraction of sp³-hybridized carbons (Fsp3) is 0.143. The molecule has 4 aromatic rings. The number of H-pyrrole nitrogens is 1. The quantitative estimate of drug-likeness (QED) is 0.547. The lowest BCUT2D eigenvalue weighted by Gasteiger charge is -2.03. The van der Waals surface area contributed by atoms with Crippen molar-refractivity contribution in [3.63, 3.8) is 0 Å². The van der Waals surface area contributed by atoms with E-state index in [1.54, 1.807) is 0 Å². The summed E-state index contributed by atoms with van der Waals surface area (Å²) in [5.74, 6) is -0.126. The summed E-state index contributed by atoms with van der Waals surface area (Å²) in [6.45, 7) is 2.64. The number of para-hydroxylation sites is 1. The number of aromatic amines is 1. The van der Waals surface area contributed by atoms with E-state index in [-0.39, 0.29) is 5.91 Å². The summed E-state index contributed by atoms with van der Waals surface area (Å²) in [5, 5.41) is 6.86. The molecule has 5 heteroatoms. The lowest BCUT2D eigenvalue weighted by Crippen LogP contribution is -2.25. The number of hydrogen-bond donors (Lipinski definition) is 2. The van der Waals surface area contributed by atoms with Crippen LogP contribution in [0.3, 0.4) is 0 Å². The number of nitrogens with one attached hydrogen (secondary N) is 2. The minimum absolute atomic E-state index is 0.126. The highest BCUT2D eigenvalue weighted by atomic mass is 32.1. The molecule has 4 nitrogen and oxygen atoms in total. The van der Waals surface area contributed by atoms with Gasteiger partial charge >= 0.3 is 0 Å². The first kappa shape index (κ1) is 16.5. The number of aromatic nitrogens is 2. The van der Waals surface area contributed by atoms with Gasteiger partial charge in [-0.3, -0.25) is 4.79 Å². The normalized spacial score (nSPS) is 11.0. The van der Waals surface area contributed by atoms with E-state index in [1.165, 1.54) is 27.8 Å². The van der Waals surface area contributed by atoms with Crippen LogP contribution in [0.4, 0.5) is 0 Å². The van der Waals surface area contributed by atoms with E-state index in [0.29, 0.717) is 12.2 Å². The van der Waals surface area contributed by atoms with Crippen molar-refractivity contribution in [3.8, 4) is 10.6 Å². The van der Waals surface area contributed by atoms with Gasteiger partial charge in [0.2, 0.25) is 0 Å². The average Bonchev–Trinajstić information content (AvgIpc) is 3.30. The third-order valence-electron chi connectivity index (χ3n) is 4.39. The molecule has 0 saturated carbocycles. The zero-order valence-electron chi connectivity index (χ0n) is 14.5. The second kappa shape index (κ2) is 7.14. The maximum atomic E-state index is 12.4. The van der Waals surface area contributed by atoms with Crippen molar-refractivity contribution in [2.75, 3.05) is 6.54 Å². The molecule has 4 rings (SSSR count). The summed E-state index contributed by atoms with van der Waals surface area (Å²) in [4.78, 5) is 20.1. The molecule has 0 fully saturated rings. The van der Waals surface area contributed by atoms with Gasteiger partial charge in [0.15, 0.2) is 0 Å². The van der Waals surface area contributed by atoms with Gasteiger partial charge in [-0.1, -0.05) is 48.0 Å². The van der Waals surface area contributed by atoms with E-state index in [0.717, 1.165) is 22.5 Å². The summed E-state index contributed by atoms with van der Waals surface area (Å²) in [5.41, 5.74) is 5.05. The van der Waals surface area contributed by atoms with Gasteiger partial charge in [0, 0.05) is 34.6 Å². The van der Waals surface area contributed by atoms with Gasteiger partial charge in [0.05, 0.1) is 0 Å². The van der Waals surface area contributed by atoms with Crippen molar-refractivity contribution < 1.29 is 4.79 Å². The van der Waals surface area contributed by atoms with Gasteiger partial charge in [0.1, 0.15) is 10.7 Å². The predicted molar refractivity (Wildman–Crippen MR) is 107 cm³/mol. The first-order valence-corrected chi connectivity index (χ1v) is 9.44. The number of rotatable bonds is 5. The molecule has 1 amide bonds. The molecule has 0 radical (unpaired) electrons. The largest absolute Gasteiger partial charge is 0.361 e. The number of thiazole rings is 1. The fourth-order valence-electron chi connectivity index (χ4n) is 2.95. The van der Waals surface area contributed by atoms with Gasteiger partial charge in [-0.25, -0.2) is 4.98 Å². The van der Waals surface area contributed by atoms with Crippen LogP contribution in [-0.4, -0.2) is 22.4 Å². The smallest absolute Gasteiger partial charge is 0.270 e. The molecule has 0 aliphatic rings. The Morgan fingerprint density at radius 3 is 2.81 bits per heavy atom. The first-order valence-electron chi connectivity index (χ1n) is 8.56. The molecule has 0 bridgehead atoms. The second-order valence-corrected chi connectivity index (χ2v) is 7.13. The summed E-state index contributed by atoms with van der Waals surface area (Å²) in [7, 11) is 0. The standard InChI is InChI=1S/C21H19N3OS/c1-14-6-8-15(9-7-14)21-24-19(13-26-21)20(25)22-11-10-16-12-23-18-5-3-2-4-17(16)18/h2-9,12-13,23H,10-11H2,1H3,(H,22,25). The van der Waals surface area contributed by atoms with Crippen molar-refractivity contribution >= 4 is 28.1 Å². The van der Waals surface area contributed by atoms with Crippen LogP contribution >= 0.6 is 11.3 Å². The number of benzene rings is 2. The lowest BCUT2D eigenvalue weighted by molar-refractivity contribution is 0.0950.